The molecule has 134 valence electrons. The molecule has 1 N–H and O–H groups in total. The van der Waals surface area contributed by atoms with E-state index in [1.165, 1.54) is 5.56 Å². The second-order valence-corrected chi connectivity index (χ2v) is 6.69. The Morgan fingerprint density at radius 3 is 2.76 bits per heavy atom. The van der Waals surface area contributed by atoms with Crippen molar-refractivity contribution in [3.05, 3.63) is 47.3 Å². The summed E-state index contributed by atoms with van der Waals surface area (Å²) >= 11 is 0. The van der Waals surface area contributed by atoms with Gasteiger partial charge in [-0.2, -0.15) is 5.10 Å². The van der Waals surface area contributed by atoms with Crippen LogP contribution in [0.25, 0.3) is 0 Å². The van der Waals surface area contributed by atoms with Crippen molar-refractivity contribution in [3.63, 3.8) is 0 Å². The number of likely N-dealkylation sites (tertiary alicyclic amines) is 1. The first-order valence-electron chi connectivity index (χ1n) is 8.72. The fourth-order valence-corrected chi connectivity index (χ4v) is 3.24. The molecule has 0 bridgehead atoms. The number of aryl methyl sites for hydroxylation is 2. The second kappa shape index (κ2) is 7.70. The van der Waals surface area contributed by atoms with Crippen LogP contribution >= 0.6 is 0 Å². The molecule has 0 spiro atoms. The van der Waals surface area contributed by atoms with Crippen LogP contribution in [0.3, 0.4) is 0 Å². The molecular formula is C19H26N4O2. The molecule has 1 atom stereocenters. The van der Waals surface area contributed by atoms with Crippen molar-refractivity contribution in [2.24, 2.45) is 7.05 Å². The van der Waals surface area contributed by atoms with Gasteiger partial charge in [-0.15, -0.1) is 0 Å². The Bertz CT molecular complexity index is 704. The maximum atomic E-state index is 12.4. The Hall–Kier alpha value is -2.34. The number of methoxy groups -OCH3 is 1. The predicted octanol–water partition coefficient (Wildman–Crippen LogP) is 2.13. The zero-order valence-electron chi connectivity index (χ0n) is 15.2. The SMILES string of the molecule is COc1ccc(CN2CCCC(NC(=O)c3cc(C)n(C)n3)C2)cc1. The standard InChI is InChI=1S/C19H26N4O2/c1-14-11-18(21-22(14)2)19(24)20-16-5-4-10-23(13-16)12-15-6-8-17(25-3)9-7-15/h6-9,11,16H,4-5,10,12-13H2,1-3H3,(H,20,24). The summed E-state index contributed by atoms with van der Waals surface area (Å²) in [5.41, 5.74) is 2.73. The molecule has 0 aliphatic carbocycles. The molecule has 1 fully saturated rings. The number of rotatable bonds is 5. The lowest BCUT2D eigenvalue weighted by molar-refractivity contribution is 0.0895. The number of hydrogen-bond acceptors (Lipinski definition) is 4. The zero-order valence-corrected chi connectivity index (χ0v) is 15.2. The number of piperidine rings is 1. The lowest BCUT2D eigenvalue weighted by atomic mass is 10.0. The fourth-order valence-electron chi connectivity index (χ4n) is 3.24. The Morgan fingerprint density at radius 1 is 1.36 bits per heavy atom. The van der Waals surface area contributed by atoms with Gasteiger partial charge in [-0.1, -0.05) is 12.1 Å². The number of nitrogens with one attached hydrogen (secondary N) is 1. The molecule has 0 radical (unpaired) electrons. The van der Waals surface area contributed by atoms with E-state index in [9.17, 15) is 4.79 Å². The molecule has 1 saturated heterocycles. The van der Waals surface area contributed by atoms with Crippen LogP contribution in [0.15, 0.2) is 30.3 Å². The van der Waals surface area contributed by atoms with Crippen molar-refractivity contribution >= 4 is 5.91 Å². The molecule has 6 nitrogen and oxygen atoms in total. The van der Waals surface area contributed by atoms with E-state index >= 15 is 0 Å². The Morgan fingerprint density at radius 2 is 2.12 bits per heavy atom. The largest absolute Gasteiger partial charge is 0.497 e. The quantitative estimate of drug-likeness (QED) is 0.904. The lowest BCUT2D eigenvalue weighted by Crippen LogP contribution is -2.47. The summed E-state index contributed by atoms with van der Waals surface area (Å²) in [4.78, 5) is 14.8. The van der Waals surface area contributed by atoms with Crippen molar-refractivity contribution in [2.45, 2.75) is 32.4 Å². The summed E-state index contributed by atoms with van der Waals surface area (Å²) in [6.07, 6.45) is 2.10. The third kappa shape index (κ3) is 4.39. The highest BCUT2D eigenvalue weighted by Gasteiger charge is 2.23. The van der Waals surface area contributed by atoms with Gasteiger partial charge in [0.15, 0.2) is 0 Å². The summed E-state index contributed by atoms with van der Waals surface area (Å²) < 4.78 is 6.93. The Labute approximate surface area is 148 Å². The minimum atomic E-state index is -0.0833. The number of amides is 1. The van der Waals surface area contributed by atoms with Crippen LogP contribution in [0.1, 0.15) is 34.6 Å². The van der Waals surface area contributed by atoms with Crippen LogP contribution in [-0.4, -0.2) is 46.8 Å². The molecule has 0 saturated carbocycles. The highest BCUT2D eigenvalue weighted by Crippen LogP contribution is 2.17. The van der Waals surface area contributed by atoms with Crippen LogP contribution in [0.4, 0.5) is 0 Å². The smallest absolute Gasteiger partial charge is 0.272 e. The van der Waals surface area contributed by atoms with Gasteiger partial charge in [0, 0.05) is 31.9 Å². The fraction of sp³-hybridized carbons (Fsp3) is 0.474. The van der Waals surface area contributed by atoms with Gasteiger partial charge in [0.2, 0.25) is 0 Å². The molecule has 1 aromatic heterocycles. The highest BCUT2D eigenvalue weighted by molar-refractivity contribution is 5.92. The summed E-state index contributed by atoms with van der Waals surface area (Å²) in [6.45, 7) is 4.75. The van der Waals surface area contributed by atoms with Crippen LogP contribution in [0.5, 0.6) is 5.75 Å². The number of benzene rings is 1. The summed E-state index contributed by atoms with van der Waals surface area (Å²) in [7, 11) is 3.53. The average Bonchev–Trinajstić information content (AvgIpc) is 2.95. The van der Waals surface area contributed by atoms with Gasteiger partial charge >= 0.3 is 0 Å². The highest BCUT2D eigenvalue weighted by atomic mass is 16.5. The van der Waals surface area contributed by atoms with Gasteiger partial charge in [0.05, 0.1) is 7.11 Å². The summed E-state index contributed by atoms with van der Waals surface area (Å²) in [6, 6.07) is 10.2. The van der Waals surface area contributed by atoms with E-state index in [1.807, 2.05) is 32.2 Å². The van der Waals surface area contributed by atoms with Gasteiger partial charge < -0.3 is 10.1 Å². The maximum absolute atomic E-state index is 12.4. The predicted molar refractivity (Wildman–Crippen MR) is 96.7 cm³/mol. The second-order valence-electron chi connectivity index (χ2n) is 6.69. The normalized spacial score (nSPS) is 18.1. The zero-order chi connectivity index (χ0) is 17.8. The molecule has 2 aromatic rings. The topological polar surface area (TPSA) is 59.4 Å². The van der Waals surface area contributed by atoms with E-state index in [1.54, 1.807) is 11.8 Å². The molecule has 1 amide bonds. The summed E-state index contributed by atoms with van der Waals surface area (Å²) in [5, 5.41) is 7.39. The van der Waals surface area contributed by atoms with Crippen molar-refractivity contribution in [3.8, 4) is 5.75 Å². The molecule has 3 rings (SSSR count). The third-order valence-electron chi connectivity index (χ3n) is 4.75. The molecule has 2 heterocycles. The third-order valence-corrected chi connectivity index (χ3v) is 4.75. The van der Waals surface area contributed by atoms with E-state index in [0.29, 0.717) is 5.69 Å². The van der Waals surface area contributed by atoms with E-state index in [4.69, 9.17) is 4.74 Å². The van der Waals surface area contributed by atoms with Gasteiger partial charge in [0.25, 0.3) is 5.91 Å². The van der Waals surface area contributed by atoms with Crippen molar-refractivity contribution in [1.82, 2.24) is 20.0 Å². The molecule has 6 heteroatoms. The van der Waals surface area contributed by atoms with Gasteiger partial charge in [0.1, 0.15) is 11.4 Å². The van der Waals surface area contributed by atoms with Crippen LogP contribution in [0.2, 0.25) is 0 Å². The van der Waals surface area contributed by atoms with E-state index in [2.05, 4.69) is 27.4 Å². The average molecular weight is 342 g/mol. The number of carbonyl (C=O) groups excluding carboxylic acids is 1. The monoisotopic (exact) mass is 342 g/mol. The molecular weight excluding hydrogens is 316 g/mol. The van der Waals surface area contributed by atoms with Crippen molar-refractivity contribution < 1.29 is 9.53 Å². The van der Waals surface area contributed by atoms with Crippen molar-refractivity contribution in [2.75, 3.05) is 20.2 Å². The lowest BCUT2D eigenvalue weighted by Gasteiger charge is -2.33. The van der Waals surface area contributed by atoms with Gasteiger partial charge in [-0.05, 0) is 50.1 Å². The van der Waals surface area contributed by atoms with Gasteiger partial charge in [-0.25, -0.2) is 0 Å². The Kier molecular flexibility index (Phi) is 5.38. The first kappa shape index (κ1) is 17.5. The number of ether oxygens (including phenoxy) is 1. The van der Waals surface area contributed by atoms with Gasteiger partial charge in [-0.3, -0.25) is 14.4 Å². The molecule has 1 aliphatic rings. The Balaban J connectivity index is 1.56. The first-order valence-corrected chi connectivity index (χ1v) is 8.72. The van der Waals surface area contributed by atoms with E-state index in [0.717, 1.165) is 43.9 Å². The summed E-state index contributed by atoms with van der Waals surface area (Å²) in [5.74, 6) is 0.790. The van der Waals surface area contributed by atoms with E-state index < -0.39 is 0 Å². The first-order chi connectivity index (χ1) is 12.0. The number of aromatic nitrogens is 2. The molecule has 25 heavy (non-hydrogen) atoms. The molecule has 1 aliphatic heterocycles. The van der Waals surface area contributed by atoms with E-state index in [-0.39, 0.29) is 11.9 Å². The van der Waals surface area contributed by atoms with Crippen LogP contribution < -0.4 is 10.1 Å². The van der Waals surface area contributed by atoms with Crippen molar-refractivity contribution in [1.29, 1.82) is 0 Å². The molecule has 1 aromatic carbocycles. The molecule has 1 unspecified atom stereocenters. The van der Waals surface area contributed by atoms with Crippen LogP contribution in [0, 0.1) is 6.92 Å². The number of hydrogen-bond donors (Lipinski definition) is 1. The van der Waals surface area contributed by atoms with Crippen LogP contribution in [-0.2, 0) is 13.6 Å². The number of carbonyl (C=O) groups is 1. The maximum Gasteiger partial charge on any atom is 0.272 e. The number of nitrogens with zero attached hydrogens (tertiary/aromatic N) is 3. The minimum absolute atomic E-state index is 0.0833. The minimum Gasteiger partial charge on any atom is -0.497 e.